The van der Waals surface area contributed by atoms with Gasteiger partial charge in [-0.1, -0.05) is 44.5 Å². The summed E-state index contributed by atoms with van der Waals surface area (Å²) < 4.78 is 5.83. The molecule has 2 unspecified atom stereocenters. The van der Waals surface area contributed by atoms with E-state index in [2.05, 4.69) is 43.4 Å². The Labute approximate surface area is 123 Å². The van der Waals surface area contributed by atoms with Crippen molar-refractivity contribution in [1.82, 2.24) is 5.32 Å². The molecule has 0 aliphatic heterocycles. The normalized spacial score (nSPS) is 17.9. The summed E-state index contributed by atoms with van der Waals surface area (Å²) in [5.41, 5.74) is 2.84. The van der Waals surface area contributed by atoms with Gasteiger partial charge in [0.05, 0.1) is 12.1 Å². The predicted molar refractivity (Wildman–Crippen MR) is 85.0 cm³/mol. The number of aryl methyl sites for hydroxylation is 1. The van der Waals surface area contributed by atoms with E-state index < -0.39 is 0 Å². The van der Waals surface area contributed by atoms with Crippen LogP contribution in [-0.2, 0) is 11.2 Å². The third kappa shape index (κ3) is 4.07. The maximum atomic E-state index is 5.83. The molecule has 1 aromatic rings. The van der Waals surface area contributed by atoms with Gasteiger partial charge in [0.15, 0.2) is 0 Å². The van der Waals surface area contributed by atoms with E-state index in [0.717, 1.165) is 25.3 Å². The van der Waals surface area contributed by atoms with Crippen molar-refractivity contribution in [1.29, 1.82) is 0 Å². The lowest BCUT2D eigenvalue weighted by atomic mass is 9.95. The Morgan fingerprint density at radius 2 is 2.05 bits per heavy atom. The predicted octanol–water partition coefficient (Wildman–Crippen LogP) is 4.10. The molecule has 1 aliphatic carbocycles. The van der Waals surface area contributed by atoms with Crippen LogP contribution in [0.15, 0.2) is 24.3 Å². The first-order valence-corrected chi connectivity index (χ1v) is 8.15. The van der Waals surface area contributed by atoms with Gasteiger partial charge in [0, 0.05) is 7.11 Å². The Balaban J connectivity index is 2.17. The minimum atomic E-state index is 0.318. The second-order valence-electron chi connectivity index (χ2n) is 5.96. The molecule has 0 saturated heterocycles. The van der Waals surface area contributed by atoms with Crippen molar-refractivity contribution in [2.45, 2.75) is 58.1 Å². The summed E-state index contributed by atoms with van der Waals surface area (Å²) in [6, 6.07) is 9.39. The fourth-order valence-corrected chi connectivity index (χ4v) is 2.98. The van der Waals surface area contributed by atoms with Gasteiger partial charge >= 0.3 is 0 Å². The summed E-state index contributed by atoms with van der Waals surface area (Å²) in [6.07, 6.45) is 6.47. The van der Waals surface area contributed by atoms with Crippen molar-refractivity contribution in [3.8, 4) is 0 Å². The number of benzene rings is 1. The first-order valence-electron chi connectivity index (χ1n) is 8.15. The summed E-state index contributed by atoms with van der Waals surface area (Å²) in [5, 5.41) is 3.70. The lowest BCUT2D eigenvalue weighted by molar-refractivity contribution is 0.0507. The van der Waals surface area contributed by atoms with Crippen molar-refractivity contribution in [2.24, 2.45) is 5.92 Å². The van der Waals surface area contributed by atoms with Crippen molar-refractivity contribution in [2.75, 3.05) is 13.7 Å². The molecule has 0 aromatic heterocycles. The molecule has 0 heterocycles. The van der Waals surface area contributed by atoms with E-state index >= 15 is 0 Å². The first kappa shape index (κ1) is 15.5. The third-order valence-corrected chi connectivity index (χ3v) is 4.15. The van der Waals surface area contributed by atoms with E-state index in [1.165, 1.54) is 30.4 Å². The van der Waals surface area contributed by atoms with E-state index in [1.54, 1.807) is 0 Å². The van der Waals surface area contributed by atoms with Crippen molar-refractivity contribution in [3.63, 3.8) is 0 Å². The Hall–Kier alpha value is -0.860. The highest BCUT2D eigenvalue weighted by atomic mass is 16.5. The van der Waals surface area contributed by atoms with Crippen LogP contribution in [-0.4, -0.2) is 19.8 Å². The molecule has 2 atom stereocenters. The molecule has 0 bridgehead atoms. The number of nitrogens with one attached hydrogen (secondary N) is 1. The molecule has 1 aromatic carbocycles. The number of ether oxygens (including phenoxy) is 1. The number of methoxy groups -OCH3 is 1. The van der Waals surface area contributed by atoms with Gasteiger partial charge in [0.1, 0.15) is 0 Å². The number of hydrogen-bond donors (Lipinski definition) is 1. The SMILES string of the molecule is CCCNC(c1cccc(CCC)c1)C(OC)C1CC1. The zero-order chi connectivity index (χ0) is 14.4. The summed E-state index contributed by atoms with van der Waals surface area (Å²) in [5.74, 6) is 0.740. The van der Waals surface area contributed by atoms with Crippen molar-refractivity contribution >= 4 is 0 Å². The molecular weight excluding hydrogens is 246 g/mol. The standard InChI is InChI=1S/C18H29NO/c1-4-7-14-8-6-9-16(13-14)17(19-12-5-2)18(20-3)15-10-11-15/h6,8-9,13,15,17-19H,4-5,7,10-12H2,1-3H3. The van der Waals surface area contributed by atoms with Crippen molar-refractivity contribution in [3.05, 3.63) is 35.4 Å². The van der Waals surface area contributed by atoms with Crippen LogP contribution in [0.3, 0.4) is 0 Å². The summed E-state index contributed by atoms with van der Waals surface area (Å²) in [6.45, 7) is 5.51. The van der Waals surface area contributed by atoms with Gasteiger partial charge in [-0.15, -0.1) is 0 Å². The van der Waals surface area contributed by atoms with Gasteiger partial charge in [0.2, 0.25) is 0 Å². The number of hydrogen-bond acceptors (Lipinski definition) is 2. The molecule has 20 heavy (non-hydrogen) atoms. The van der Waals surface area contributed by atoms with Crippen LogP contribution < -0.4 is 5.32 Å². The van der Waals surface area contributed by atoms with Gasteiger partial charge in [-0.25, -0.2) is 0 Å². The highest BCUT2D eigenvalue weighted by molar-refractivity contribution is 5.27. The van der Waals surface area contributed by atoms with Crippen LogP contribution in [0.2, 0.25) is 0 Å². The van der Waals surface area contributed by atoms with Crippen LogP contribution in [0.4, 0.5) is 0 Å². The third-order valence-electron chi connectivity index (χ3n) is 4.15. The first-order chi connectivity index (χ1) is 9.80. The monoisotopic (exact) mass is 275 g/mol. The highest BCUT2D eigenvalue weighted by Crippen LogP contribution is 2.39. The fourth-order valence-electron chi connectivity index (χ4n) is 2.98. The lowest BCUT2D eigenvalue weighted by Gasteiger charge is -2.28. The van der Waals surface area contributed by atoms with E-state index in [4.69, 9.17) is 4.74 Å². The second-order valence-corrected chi connectivity index (χ2v) is 5.96. The van der Waals surface area contributed by atoms with E-state index in [1.807, 2.05) is 7.11 Å². The minimum Gasteiger partial charge on any atom is -0.379 e. The molecule has 0 spiro atoms. The molecule has 1 N–H and O–H groups in total. The molecule has 1 fully saturated rings. The molecule has 2 nitrogen and oxygen atoms in total. The van der Waals surface area contributed by atoms with Crippen LogP contribution in [0.25, 0.3) is 0 Å². The summed E-state index contributed by atoms with van der Waals surface area (Å²) >= 11 is 0. The Kier molecular flexibility index (Phi) is 6.06. The average Bonchev–Trinajstić information content (AvgIpc) is 3.28. The van der Waals surface area contributed by atoms with Crippen LogP contribution in [0.1, 0.15) is 56.7 Å². The molecule has 0 radical (unpaired) electrons. The fraction of sp³-hybridized carbons (Fsp3) is 0.667. The Bertz CT molecular complexity index is 400. The molecule has 112 valence electrons. The average molecular weight is 275 g/mol. The summed E-state index contributed by atoms with van der Waals surface area (Å²) in [4.78, 5) is 0. The van der Waals surface area contributed by atoms with Crippen molar-refractivity contribution < 1.29 is 4.74 Å². The zero-order valence-corrected chi connectivity index (χ0v) is 13.2. The van der Waals surface area contributed by atoms with Gasteiger partial charge in [-0.2, -0.15) is 0 Å². The quantitative estimate of drug-likeness (QED) is 0.732. The molecule has 2 heteroatoms. The van der Waals surface area contributed by atoms with E-state index in [0.29, 0.717) is 12.1 Å². The molecular formula is C18H29NO. The van der Waals surface area contributed by atoms with Crippen LogP contribution >= 0.6 is 0 Å². The zero-order valence-electron chi connectivity index (χ0n) is 13.2. The maximum absolute atomic E-state index is 5.83. The minimum absolute atomic E-state index is 0.318. The van der Waals surface area contributed by atoms with Gasteiger partial charge in [-0.05, 0) is 49.3 Å². The maximum Gasteiger partial charge on any atom is 0.0794 e. The Morgan fingerprint density at radius 3 is 2.65 bits per heavy atom. The van der Waals surface area contributed by atoms with Gasteiger partial charge < -0.3 is 10.1 Å². The molecule has 0 amide bonds. The summed E-state index contributed by atoms with van der Waals surface area (Å²) in [7, 11) is 1.86. The van der Waals surface area contributed by atoms with E-state index in [9.17, 15) is 0 Å². The Morgan fingerprint density at radius 1 is 1.25 bits per heavy atom. The van der Waals surface area contributed by atoms with Crippen LogP contribution in [0.5, 0.6) is 0 Å². The molecule has 1 aliphatic rings. The number of rotatable bonds is 9. The van der Waals surface area contributed by atoms with E-state index in [-0.39, 0.29) is 0 Å². The molecule has 1 saturated carbocycles. The largest absolute Gasteiger partial charge is 0.379 e. The highest BCUT2D eigenvalue weighted by Gasteiger charge is 2.37. The van der Waals surface area contributed by atoms with Gasteiger partial charge in [0.25, 0.3) is 0 Å². The molecule has 2 rings (SSSR count). The topological polar surface area (TPSA) is 21.3 Å². The second kappa shape index (κ2) is 7.80. The smallest absolute Gasteiger partial charge is 0.0794 e. The van der Waals surface area contributed by atoms with Gasteiger partial charge in [-0.3, -0.25) is 0 Å². The lowest BCUT2D eigenvalue weighted by Crippen LogP contribution is -2.35. The van der Waals surface area contributed by atoms with Crippen LogP contribution in [0, 0.1) is 5.92 Å².